The number of nitrogens with zero attached hydrogens (tertiary/aromatic N) is 4. The van der Waals surface area contributed by atoms with Gasteiger partial charge in [-0.15, -0.1) is 0 Å². The monoisotopic (exact) mass is 440 g/mol. The van der Waals surface area contributed by atoms with Crippen LogP contribution in [-0.4, -0.2) is 39.9 Å². The maximum atomic E-state index is 14.1. The fourth-order valence-corrected chi connectivity index (χ4v) is 3.80. The number of carbonyl (C=O) groups is 1. The van der Waals surface area contributed by atoms with Crippen molar-refractivity contribution in [2.45, 2.75) is 32.7 Å². The number of pyridine rings is 1. The van der Waals surface area contributed by atoms with Crippen LogP contribution in [-0.2, 0) is 6.42 Å². The maximum Gasteiger partial charge on any atom is 0.187 e. The molecular weight excluding hydrogens is 414 g/mol. The lowest BCUT2D eigenvalue weighted by Crippen LogP contribution is -2.43. The Morgan fingerprint density at radius 3 is 2.66 bits per heavy atom. The molecule has 1 fully saturated rings. The summed E-state index contributed by atoms with van der Waals surface area (Å²) in [5, 5.41) is 0. The lowest BCUT2D eigenvalue weighted by molar-refractivity contribution is 0.0989. The van der Waals surface area contributed by atoms with Gasteiger partial charge >= 0.3 is 0 Å². The topological polar surface area (TPSA) is 111 Å². The zero-order chi connectivity index (χ0) is 22.0. The normalized spacial score (nSPS) is 15.8. The summed E-state index contributed by atoms with van der Waals surface area (Å²) in [6.07, 6.45) is 6.39. The van der Waals surface area contributed by atoms with E-state index in [1.54, 1.807) is 12.4 Å². The molecule has 3 heterocycles. The van der Waals surface area contributed by atoms with Gasteiger partial charge in [0.15, 0.2) is 11.6 Å². The molecule has 0 aliphatic carbocycles. The highest BCUT2D eigenvalue weighted by molar-refractivity contribution is 6.00. The van der Waals surface area contributed by atoms with Gasteiger partial charge in [-0.25, -0.2) is 18.7 Å². The molecule has 0 unspecified atom stereocenters. The summed E-state index contributed by atoms with van der Waals surface area (Å²) in [5.41, 5.74) is 13.2. The maximum absolute atomic E-state index is 14.1. The van der Waals surface area contributed by atoms with Gasteiger partial charge in [0, 0.05) is 49.2 Å². The fourth-order valence-electron chi connectivity index (χ4n) is 3.80. The standard InChI is InChI=1S/C22H22F2N6O.CH4/c23-15-4-1-5-16(24)20(15)22-28-11-17(26)21(29-22)19(31)9-13-10-27-7-6-18(13)30-8-2-3-14(25)12-30;/h1,4-7,10-11,14H,2-3,8-9,12,25-26H2;1H4/t14-;/m0./s1. The average molecular weight is 440 g/mol. The quantitative estimate of drug-likeness (QED) is 0.585. The highest BCUT2D eigenvalue weighted by Gasteiger charge is 2.23. The summed E-state index contributed by atoms with van der Waals surface area (Å²) in [6.45, 7) is 1.53. The van der Waals surface area contributed by atoms with Crippen molar-refractivity contribution in [1.82, 2.24) is 15.0 Å². The molecule has 1 saturated heterocycles. The lowest BCUT2D eigenvalue weighted by atomic mass is 10.0. The third-order valence-corrected chi connectivity index (χ3v) is 5.29. The van der Waals surface area contributed by atoms with Crippen molar-refractivity contribution >= 4 is 17.2 Å². The molecule has 0 bridgehead atoms. The summed E-state index contributed by atoms with van der Waals surface area (Å²) in [5.74, 6) is -2.27. The van der Waals surface area contributed by atoms with Crippen molar-refractivity contribution in [2.24, 2.45) is 5.73 Å². The van der Waals surface area contributed by atoms with Crippen molar-refractivity contribution in [3.05, 3.63) is 65.7 Å². The molecule has 0 saturated carbocycles. The van der Waals surface area contributed by atoms with E-state index in [-0.39, 0.29) is 37.1 Å². The van der Waals surface area contributed by atoms with Crippen molar-refractivity contribution in [3.8, 4) is 11.4 Å². The number of Topliss-reactive ketones (excluding diaryl/α,β-unsaturated/α-hetero) is 1. The Kier molecular flexibility index (Phi) is 7.09. The SMILES string of the molecule is C.Nc1cnc(-c2c(F)cccc2F)nc1C(=O)Cc1cnccc1N1CCC[C@H](N)C1. The van der Waals surface area contributed by atoms with Gasteiger partial charge in [-0.3, -0.25) is 9.78 Å². The second-order valence-corrected chi connectivity index (χ2v) is 7.55. The van der Waals surface area contributed by atoms with E-state index in [2.05, 4.69) is 19.9 Å². The van der Waals surface area contributed by atoms with Crippen molar-refractivity contribution in [2.75, 3.05) is 23.7 Å². The zero-order valence-corrected chi connectivity index (χ0v) is 16.8. The zero-order valence-electron chi connectivity index (χ0n) is 16.8. The van der Waals surface area contributed by atoms with Gasteiger partial charge in [0.25, 0.3) is 0 Å². The summed E-state index contributed by atoms with van der Waals surface area (Å²) < 4.78 is 28.3. The van der Waals surface area contributed by atoms with E-state index in [4.69, 9.17) is 11.5 Å². The van der Waals surface area contributed by atoms with Crippen molar-refractivity contribution < 1.29 is 13.6 Å². The van der Waals surface area contributed by atoms with E-state index in [0.29, 0.717) is 12.1 Å². The molecule has 9 heteroatoms. The van der Waals surface area contributed by atoms with Crippen LogP contribution >= 0.6 is 0 Å². The number of ketones is 1. The summed E-state index contributed by atoms with van der Waals surface area (Å²) >= 11 is 0. The first-order valence-electron chi connectivity index (χ1n) is 9.97. The van der Waals surface area contributed by atoms with Gasteiger partial charge in [-0.2, -0.15) is 0 Å². The molecule has 7 nitrogen and oxygen atoms in total. The fraction of sp³-hybridized carbons (Fsp3) is 0.304. The molecule has 1 atom stereocenters. The van der Waals surface area contributed by atoms with Crippen LogP contribution in [0.3, 0.4) is 0 Å². The van der Waals surface area contributed by atoms with Gasteiger partial charge in [0.05, 0.1) is 17.4 Å². The molecular formula is C23H26F2N6O. The first kappa shape index (κ1) is 23.2. The Bertz CT molecular complexity index is 1100. The molecule has 1 aliphatic heterocycles. The Morgan fingerprint density at radius 2 is 1.94 bits per heavy atom. The minimum Gasteiger partial charge on any atom is -0.396 e. The first-order chi connectivity index (χ1) is 14.9. The number of carbonyl (C=O) groups excluding carboxylic acids is 1. The number of nitrogen functional groups attached to an aromatic ring is 1. The third-order valence-electron chi connectivity index (χ3n) is 5.29. The van der Waals surface area contributed by atoms with Crippen molar-refractivity contribution in [1.29, 1.82) is 0 Å². The third kappa shape index (κ3) is 4.72. The number of anilines is 2. The number of hydrogen-bond acceptors (Lipinski definition) is 7. The predicted octanol–water partition coefficient (Wildman–Crippen LogP) is 3.39. The van der Waals surface area contributed by atoms with Crippen LogP contribution in [0.2, 0.25) is 0 Å². The molecule has 0 amide bonds. The smallest absolute Gasteiger partial charge is 0.187 e. The summed E-state index contributed by atoms with van der Waals surface area (Å²) in [7, 11) is 0. The largest absolute Gasteiger partial charge is 0.396 e. The Hall–Kier alpha value is -3.46. The van der Waals surface area contributed by atoms with E-state index in [9.17, 15) is 13.6 Å². The Labute approximate surface area is 185 Å². The van der Waals surface area contributed by atoms with E-state index >= 15 is 0 Å². The van der Waals surface area contributed by atoms with Crippen LogP contribution < -0.4 is 16.4 Å². The molecule has 1 aliphatic rings. The van der Waals surface area contributed by atoms with Crippen LogP contribution in [0.1, 0.15) is 36.3 Å². The van der Waals surface area contributed by atoms with E-state index in [0.717, 1.165) is 37.2 Å². The lowest BCUT2D eigenvalue weighted by Gasteiger charge is -2.33. The highest BCUT2D eigenvalue weighted by Crippen LogP contribution is 2.27. The average Bonchev–Trinajstić information content (AvgIpc) is 2.75. The molecule has 0 spiro atoms. The van der Waals surface area contributed by atoms with Crippen LogP contribution in [0.15, 0.2) is 42.9 Å². The predicted molar refractivity (Wildman–Crippen MR) is 120 cm³/mol. The number of benzene rings is 1. The van der Waals surface area contributed by atoms with E-state index < -0.39 is 23.0 Å². The first-order valence-corrected chi connectivity index (χ1v) is 9.97. The second-order valence-electron chi connectivity index (χ2n) is 7.55. The number of rotatable bonds is 5. The molecule has 4 rings (SSSR count). The van der Waals surface area contributed by atoms with Crippen LogP contribution in [0, 0.1) is 11.6 Å². The second kappa shape index (κ2) is 9.78. The summed E-state index contributed by atoms with van der Waals surface area (Å²) in [6, 6.07) is 5.37. The van der Waals surface area contributed by atoms with Crippen LogP contribution in [0.25, 0.3) is 11.4 Å². The van der Waals surface area contributed by atoms with Gasteiger partial charge < -0.3 is 16.4 Å². The number of aromatic nitrogens is 3. The number of piperidine rings is 1. The van der Waals surface area contributed by atoms with E-state index in [1.165, 1.54) is 12.3 Å². The Balaban J connectivity index is 0.00000289. The molecule has 4 N–H and O–H groups in total. The molecule has 1 aromatic carbocycles. The Morgan fingerprint density at radius 1 is 1.19 bits per heavy atom. The molecule has 32 heavy (non-hydrogen) atoms. The van der Waals surface area contributed by atoms with Crippen molar-refractivity contribution in [3.63, 3.8) is 0 Å². The number of hydrogen-bond donors (Lipinski definition) is 2. The summed E-state index contributed by atoms with van der Waals surface area (Å²) in [4.78, 5) is 27.4. The van der Waals surface area contributed by atoms with Gasteiger partial charge in [-0.05, 0) is 31.0 Å². The van der Waals surface area contributed by atoms with Crippen LogP contribution in [0.4, 0.5) is 20.2 Å². The van der Waals surface area contributed by atoms with Gasteiger partial charge in [-0.1, -0.05) is 13.5 Å². The molecule has 0 radical (unpaired) electrons. The molecule has 3 aromatic rings. The van der Waals surface area contributed by atoms with Gasteiger partial charge in [0.2, 0.25) is 0 Å². The van der Waals surface area contributed by atoms with Gasteiger partial charge in [0.1, 0.15) is 17.3 Å². The molecule has 2 aromatic heterocycles. The van der Waals surface area contributed by atoms with Crippen LogP contribution in [0.5, 0.6) is 0 Å². The number of nitrogens with two attached hydrogens (primary N) is 2. The minimum atomic E-state index is -0.820. The number of halogens is 2. The minimum absolute atomic E-state index is 0. The molecule has 168 valence electrons. The van der Waals surface area contributed by atoms with E-state index in [1.807, 2.05) is 6.07 Å². The highest BCUT2D eigenvalue weighted by atomic mass is 19.1.